The molecule has 0 aliphatic carbocycles. The van der Waals surface area contributed by atoms with Crippen LogP contribution < -0.4 is 5.32 Å². The molecule has 3 nitrogen and oxygen atoms in total. The third-order valence-corrected chi connectivity index (χ3v) is 4.65. The Morgan fingerprint density at radius 1 is 1.35 bits per heavy atom. The second-order valence-corrected chi connectivity index (χ2v) is 6.90. The van der Waals surface area contributed by atoms with Crippen LogP contribution in [-0.4, -0.2) is 16.6 Å². The number of carbonyl (C=O) groups is 1. The summed E-state index contributed by atoms with van der Waals surface area (Å²) < 4.78 is 38.3. The predicted molar refractivity (Wildman–Crippen MR) is 92.7 cm³/mol. The minimum absolute atomic E-state index is 0.259. The number of thioether (sulfide) groups is 1. The Balaban J connectivity index is 2.24. The average Bonchev–Trinajstić information content (AvgIpc) is 2.49. The molecule has 23 heavy (non-hydrogen) atoms. The van der Waals surface area contributed by atoms with Crippen molar-refractivity contribution in [3.63, 3.8) is 0 Å². The van der Waals surface area contributed by atoms with E-state index in [-0.39, 0.29) is 5.69 Å². The van der Waals surface area contributed by atoms with E-state index in [0.29, 0.717) is 9.26 Å². The summed E-state index contributed by atoms with van der Waals surface area (Å²) in [6, 6.07) is 6.71. The van der Waals surface area contributed by atoms with Crippen molar-refractivity contribution < 1.29 is 18.0 Å². The highest BCUT2D eigenvalue weighted by atomic mass is 127. The topological polar surface area (TPSA) is 42.0 Å². The van der Waals surface area contributed by atoms with Crippen LogP contribution in [0.2, 0.25) is 0 Å². The van der Waals surface area contributed by atoms with Crippen LogP contribution in [-0.2, 0) is 6.18 Å². The molecule has 8 heteroatoms. The third kappa shape index (κ3) is 4.60. The maximum absolute atomic E-state index is 12.7. The molecule has 1 heterocycles. The fourth-order valence-electron chi connectivity index (χ4n) is 1.81. The highest BCUT2D eigenvalue weighted by molar-refractivity contribution is 14.1. The summed E-state index contributed by atoms with van der Waals surface area (Å²) in [4.78, 5) is 17.1. The van der Waals surface area contributed by atoms with Crippen molar-refractivity contribution >= 4 is 45.9 Å². The summed E-state index contributed by atoms with van der Waals surface area (Å²) in [6.45, 7) is 1.96. The molecule has 0 aliphatic rings. The van der Waals surface area contributed by atoms with Crippen molar-refractivity contribution in [2.24, 2.45) is 0 Å². The van der Waals surface area contributed by atoms with Gasteiger partial charge in [0, 0.05) is 14.7 Å². The molecule has 1 amide bonds. The van der Waals surface area contributed by atoms with Crippen molar-refractivity contribution in [2.45, 2.75) is 18.0 Å². The molecule has 1 N–H and O–H groups in total. The van der Waals surface area contributed by atoms with Crippen molar-refractivity contribution in [1.29, 1.82) is 0 Å². The number of rotatable bonds is 4. The number of carbonyl (C=O) groups excluding carboxylic acids is 1. The Morgan fingerprint density at radius 2 is 2.09 bits per heavy atom. The number of aromatic nitrogens is 1. The van der Waals surface area contributed by atoms with E-state index in [1.807, 2.05) is 6.92 Å². The number of nitrogens with zero attached hydrogens (tertiary/aromatic N) is 1. The standard InChI is InChI=1S/C15H12F3IN2OS/c1-2-23-12-4-3-7-20-13(12)14(22)21-11-6-5-9(8-10(11)19)15(16,17)18/h3-8H,2H2,1H3,(H,21,22). The first kappa shape index (κ1) is 18.1. The number of amides is 1. The smallest absolute Gasteiger partial charge is 0.320 e. The molecule has 0 unspecified atom stereocenters. The zero-order valence-electron chi connectivity index (χ0n) is 11.9. The van der Waals surface area contributed by atoms with E-state index >= 15 is 0 Å². The van der Waals surface area contributed by atoms with E-state index in [1.54, 1.807) is 34.7 Å². The summed E-state index contributed by atoms with van der Waals surface area (Å²) in [5, 5.41) is 2.61. The second kappa shape index (κ2) is 7.52. The van der Waals surface area contributed by atoms with Gasteiger partial charge in [-0.15, -0.1) is 11.8 Å². The van der Waals surface area contributed by atoms with E-state index in [0.717, 1.165) is 22.8 Å². The number of alkyl halides is 3. The van der Waals surface area contributed by atoms with Gasteiger partial charge in [-0.05, 0) is 58.7 Å². The number of benzene rings is 1. The molecule has 0 radical (unpaired) electrons. The van der Waals surface area contributed by atoms with Gasteiger partial charge in [0.25, 0.3) is 5.91 Å². The van der Waals surface area contributed by atoms with Crippen molar-refractivity contribution in [1.82, 2.24) is 4.98 Å². The van der Waals surface area contributed by atoms with E-state index in [4.69, 9.17) is 0 Å². The summed E-state index contributed by atoms with van der Waals surface area (Å²) in [7, 11) is 0. The summed E-state index contributed by atoms with van der Waals surface area (Å²) >= 11 is 3.24. The first-order valence-electron chi connectivity index (χ1n) is 6.59. The lowest BCUT2D eigenvalue weighted by molar-refractivity contribution is -0.137. The van der Waals surface area contributed by atoms with Gasteiger partial charge in [-0.3, -0.25) is 4.79 Å². The summed E-state index contributed by atoms with van der Waals surface area (Å²) in [6.07, 6.45) is -2.90. The highest BCUT2D eigenvalue weighted by Gasteiger charge is 2.31. The van der Waals surface area contributed by atoms with Gasteiger partial charge in [-0.2, -0.15) is 13.2 Å². The molecular weight excluding hydrogens is 440 g/mol. The lowest BCUT2D eigenvalue weighted by atomic mass is 10.2. The molecule has 0 atom stereocenters. The van der Waals surface area contributed by atoms with Gasteiger partial charge in [0.2, 0.25) is 0 Å². The van der Waals surface area contributed by atoms with Gasteiger partial charge >= 0.3 is 6.18 Å². The molecular formula is C15H12F3IN2OS. The number of halogens is 4. The van der Waals surface area contributed by atoms with Crippen LogP contribution in [0.1, 0.15) is 23.0 Å². The first-order chi connectivity index (χ1) is 10.8. The monoisotopic (exact) mass is 452 g/mol. The Kier molecular flexibility index (Phi) is 5.90. The molecule has 122 valence electrons. The van der Waals surface area contributed by atoms with Crippen LogP contribution in [0, 0.1) is 3.57 Å². The van der Waals surface area contributed by atoms with Crippen LogP contribution in [0.4, 0.5) is 18.9 Å². The largest absolute Gasteiger partial charge is 0.416 e. The zero-order valence-corrected chi connectivity index (χ0v) is 14.9. The van der Waals surface area contributed by atoms with E-state index in [1.165, 1.54) is 24.0 Å². The van der Waals surface area contributed by atoms with Gasteiger partial charge in [0.1, 0.15) is 5.69 Å². The molecule has 0 aliphatic heterocycles. The molecule has 2 aromatic rings. The molecule has 1 aromatic heterocycles. The van der Waals surface area contributed by atoms with Crippen LogP contribution in [0.25, 0.3) is 0 Å². The Hall–Kier alpha value is -1.29. The Morgan fingerprint density at radius 3 is 2.70 bits per heavy atom. The fourth-order valence-corrected chi connectivity index (χ4v) is 3.23. The average molecular weight is 452 g/mol. The van der Waals surface area contributed by atoms with Gasteiger partial charge in [-0.25, -0.2) is 4.98 Å². The number of anilines is 1. The van der Waals surface area contributed by atoms with Crippen molar-refractivity contribution in [3.8, 4) is 0 Å². The van der Waals surface area contributed by atoms with E-state index in [9.17, 15) is 18.0 Å². The number of nitrogens with one attached hydrogen (secondary N) is 1. The third-order valence-electron chi connectivity index (χ3n) is 2.83. The Labute approximate surface area is 149 Å². The molecule has 1 aromatic carbocycles. The summed E-state index contributed by atoms with van der Waals surface area (Å²) in [5.41, 5.74) is -0.170. The fraction of sp³-hybridized carbons (Fsp3) is 0.200. The quantitative estimate of drug-likeness (QED) is 0.521. The van der Waals surface area contributed by atoms with Crippen LogP contribution in [0.3, 0.4) is 0 Å². The van der Waals surface area contributed by atoms with Crippen molar-refractivity contribution in [2.75, 3.05) is 11.1 Å². The minimum Gasteiger partial charge on any atom is -0.320 e. The molecule has 0 saturated heterocycles. The number of hydrogen-bond acceptors (Lipinski definition) is 3. The molecule has 2 rings (SSSR count). The maximum atomic E-state index is 12.7. The van der Waals surface area contributed by atoms with Gasteiger partial charge in [0.15, 0.2) is 0 Å². The Bertz CT molecular complexity index is 722. The normalized spacial score (nSPS) is 11.3. The molecule has 0 bridgehead atoms. The maximum Gasteiger partial charge on any atom is 0.416 e. The second-order valence-electron chi connectivity index (χ2n) is 4.43. The van der Waals surface area contributed by atoms with E-state index in [2.05, 4.69) is 10.3 Å². The molecule has 0 spiro atoms. The van der Waals surface area contributed by atoms with Crippen LogP contribution >= 0.6 is 34.4 Å². The lowest BCUT2D eigenvalue weighted by Crippen LogP contribution is -2.16. The van der Waals surface area contributed by atoms with E-state index < -0.39 is 17.6 Å². The molecule has 0 fully saturated rings. The number of pyridine rings is 1. The summed E-state index contributed by atoms with van der Waals surface area (Å²) in [5.74, 6) is 0.336. The predicted octanol–water partition coefficient (Wildman–Crippen LogP) is 5.07. The van der Waals surface area contributed by atoms with Crippen molar-refractivity contribution in [3.05, 3.63) is 51.4 Å². The minimum atomic E-state index is -4.41. The zero-order chi connectivity index (χ0) is 17.0. The van der Waals surface area contributed by atoms with Gasteiger partial charge in [-0.1, -0.05) is 6.92 Å². The first-order valence-corrected chi connectivity index (χ1v) is 8.65. The van der Waals surface area contributed by atoms with Crippen LogP contribution in [0.15, 0.2) is 41.4 Å². The SMILES string of the molecule is CCSc1cccnc1C(=O)Nc1ccc(C(F)(F)F)cc1I. The lowest BCUT2D eigenvalue weighted by Gasteiger charge is -2.12. The number of hydrogen-bond donors (Lipinski definition) is 1. The van der Waals surface area contributed by atoms with Crippen LogP contribution in [0.5, 0.6) is 0 Å². The van der Waals surface area contributed by atoms with Gasteiger partial charge < -0.3 is 5.32 Å². The highest BCUT2D eigenvalue weighted by Crippen LogP contribution is 2.32. The molecule has 0 saturated carbocycles. The van der Waals surface area contributed by atoms with Gasteiger partial charge in [0.05, 0.1) is 11.3 Å².